The van der Waals surface area contributed by atoms with Crippen LogP contribution in [0.5, 0.6) is 0 Å². The molecule has 1 aromatic rings. The Morgan fingerprint density at radius 1 is 1.35 bits per heavy atom. The Morgan fingerprint density at radius 2 is 2.15 bits per heavy atom. The van der Waals surface area contributed by atoms with Crippen LogP contribution in [0.2, 0.25) is 0 Å². The van der Waals surface area contributed by atoms with Gasteiger partial charge in [-0.2, -0.15) is 0 Å². The summed E-state index contributed by atoms with van der Waals surface area (Å²) in [4.78, 5) is 22.8. The third-order valence-corrected chi connectivity index (χ3v) is 3.39. The maximum Gasteiger partial charge on any atom is 0.224 e. The van der Waals surface area contributed by atoms with Gasteiger partial charge in [0.25, 0.3) is 0 Å². The van der Waals surface area contributed by atoms with E-state index in [2.05, 4.69) is 16.7 Å². The van der Waals surface area contributed by atoms with Gasteiger partial charge in [-0.3, -0.25) is 9.59 Å². The van der Waals surface area contributed by atoms with Gasteiger partial charge in [0, 0.05) is 25.1 Å². The average molecular weight is 274 g/mol. The van der Waals surface area contributed by atoms with Crippen LogP contribution in [0.4, 0.5) is 5.69 Å². The Hall–Kier alpha value is -1.84. The SMILES string of the molecule is CC(C)CC(=O)NCCc1ccc2c(c1)CCC(=O)N2. The van der Waals surface area contributed by atoms with Crippen LogP contribution < -0.4 is 10.6 Å². The lowest BCUT2D eigenvalue weighted by atomic mass is 9.99. The fraction of sp³-hybridized carbons (Fsp3) is 0.500. The van der Waals surface area contributed by atoms with Crippen molar-refractivity contribution in [1.29, 1.82) is 0 Å². The molecule has 1 aliphatic rings. The van der Waals surface area contributed by atoms with E-state index in [-0.39, 0.29) is 11.8 Å². The van der Waals surface area contributed by atoms with Crippen molar-refractivity contribution in [3.63, 3.8) is 0 Å². The van der Waals surface area contributed by atoms with Gasteiger partial charge in [0.2, 0.25) is 11.8 Å². The summed E-state index contributed by atoms with van der Waals surface area (Å²) < 4.78 is 0. The maximum atomic E-state index is 11.6. The molecule has 0 saturated heterocycles. The number of rotatable bonds is 5. The Morgan fingerprint density at radius 3 is 2.90 bits per heavy atom. The first-order valence-corrected chi connectivity index (χ1v) is 7.23. The quantitative estimate of drug-likeness (QED) is 0.865. The monoisotopic (exact) mass is 274 g/mol. The van der Waals surface area contributed by atoms with Gasteiger partial charge in [0.05, 0.1) is 0 Å². The summed E-state index contributed by atoms with van der Waals surface area (Å²) in [5, 5.41) is 5.82. The molecule has 0 aliphatic carbocycles. The van der Waals surface area contributed by atoms with E-state index in [1.807, 2.05) is 26.0 Å². The Kier molecular flexibility index (Phi) is 4.77. The van der Waals surface area contributed by atoms with Crippen LogP contribution in [0.1, 0.15) is 37.8 Å². The highest BCUT2D eigenvalue weighted by Gasteiger charge is 2.14. The summed E-state index contributed by atoms with van der Waals surface area (Å²) in [5.41, 5.74) is 3.31. The second-order valence-corrected chi connectivity index (χ2v) is 5.74. The Balaban J connectivity index is 1.85. The molecule has 0 fully saturated rings. The van der Waals surface area contributed by atoms with Gasteiger partial charge < -0.3 is 10.6 Å². The Labute approximate surface area is 119 Å². The van der Waals surface area contributed by atoms with Crippen molar-refractivity contribution in [2.45, 2.75) is 39.5 Å². The van der Waals surface area contributed by atoms with Gasteiger partial charge in [0.15, 0.2) is 0 Å². The number of hydrogen-bond acceptors (Lipinski definition) is 2. The van der Waals surface area contributed by atoms with Crippen molar-refractivity contribution in [2.24, 2.45) is 5.92 Å². The van der Waals surface area contributed by atoms with E-state index in [9.17, 15) is 9.59 Å². The molecule has 2 amide bonds. The van der Waals surface area contributed by atoms with E-state index < -0.39 is 0 Å². The van der Waals surface area contributed by atoms with Gasteiger partial charge in [0.1, 0.15) is 0 Å². The van der Waals surface area contributed by atoms with Crippen LogP contribution >= 0.6 is 0 Å². The molecule has 4 heteroatoms. The normalized spacial score (nSPS) is 13.8. The van der Waals surface area contributed by atoms with Crippen molar-refractivity contribution in [2.75, 3.05) is 11.9 Å². The van der Waals surface area contributed by atoms with Gasteiger partial charge in [-0.1, -0.05) is 26.0 Å². The molecule has 0 unspecified atom stereocenters. The first-order chi connectivity index (χ1) is 9.54. The molecule has 20 heavy (non-hydrogen) atoms. The fourth-order valence-electron chi connectivity index (χ4n) is 2.38. The highest BCUT2D eigenvalue weighted by Crippen LogP contribution is 2.23. The number of fused-ring (bicyclic) bond motifs is 1. The van der Waals surface area contributed by atoms with Crippen molar-refractivity contribution in [3.8, 4) is 0 Å². The molecule has 1 heterocycles. The topological polar surface area (TPSA) is 58.2 Å². The third kappa shape index (κ3) is 4.08. The predicted octanol–water partition coefficient (Wildman–Crippen LogP) is 2.28. The van der Waals surface area contributed by atoms with E-state index in [1.54, 1.807) is 0 Å². The summed E-state index contributed by atoms with van der Waals surface area (Å²) in [6.45, 7) is 4.74. The minimum Gasteiger partial charge on any atom is -0.356 e. The fourth-order valence-corrected chi connectivity index (χ4v) is 2.38. The maximum absolute atomic E-state index is 11.6. The molecular formula is C16H22N2O2. The number of benzene rings is 1. The summed E-state index contributed by atoms with van der Waals surface area (Å²) in [5.74, 6) is 0.596. The molecule has 0 bridgehead atoms. The lowest BCUT2D eigenvalue weighted by Gasteiger charge is -2.17. The minimum absolute atomic E-state index is 0.0891. The second-order valence-electron chi connectivity index (χ2n) is 5.74. The highest BCUT2D eigenvalue weighted by atomic mass is 16.2. The lowest BCUT2D eigenvalue weighted by molar-refractivity contribution is -0.121. The highest BCUT2D eigenvalue weighted by molar-refractivity contribution is 5.93. The van der Waals surface area contributed by atoms with E-state index in [1.165, 1.54) is 11.1 Å². The number of hydrogen-bond donors (Lipinski definition) is 2. The smallest absolute Gasteiger partial charge is 0.224 e. The predicted molar refractivity (Wildman–Crippen MR) is 79.6 cm³/mol. The first kappa shape index (κ1) is 14.6. The van der Waals surface area contributed by atoms with Crippen LogP contribution in [0.15, 0.2) is 18.2 Å². The summed E-state index contributed by atoms with van der Waals surface area (Å²) in [6, 6.07) is 6.10. The van der Waals surface area contributed by atoms with Gasteiger partial charge in [-0.15, -0.1) is 0 Å². The largest absolute Gasteiger partial charge is 0.356 e. The van der Waals surface area contributed by atoms with E-state index in [4.69, 9.17) is 0 Å². The molecular weight excluding hydrogens is 252 g/mol. The summed E-state index contributed by atoms with van der Waals surface area (Å²) >= 11 is 0. The van der Waals surface area contributed by atoms with Gasteiger partial charge in [-0.05, 0) is 36.0 Å². The molecule has 2 N–H and O–H groups in total. The number of anilines is 1. The molecule has 1 aromatic carbocycles. The molecule has 2 rings (SSSR count). The zero-order chi connectivity index (χ0) is 14.5. The standard InChI is InChI=1S/C16H22N2O2/c1-11(2)9-16(20)17-8-7-12-3-5-14-13(10-12)4-6-15(19)18-14/h3,5,10-11H,4,6-9H2,1-2H3,(H,17,20)(H,18,19). The van der Waals surface area contributed by atoms with E-state index >= 15 is 0 Å². The zero-order valence-corrected chi connectivity index (χ0v) is 12.2. The summed E-state index contributed by atoms with van der Waals surface area (Å²) in [6.07, 6.45) is 2.76. The number of carbonyl (C=O) groups is 2. The van der Waals surface area contributed by atoms with Crippen molar-refractivity contribution in [1.82, 2.24) is 5.32 Å². The van der Waals surface area contributed by atoms with Crippen LogP contribution in [0, 0.1) is 5.92 Å². The molecule has 1 aliphatic heterocycles. The molecule has 108 valence electrons. The van der Waals surface area contributed by atoms with Crippen molar-refractivity contribution >= 4 is 17.5 Å². The van der Waals surface area contributed by atoms with Crippen LogP contribution in [0.3, 0.4) is 0 Å². The number of amides is 2. The van der Waals surface area contributed by atoms with Crippen molar-refractivity contribution < 1.29 is 9.59 Å². The molecule has 0 spiro atoms. The Bertz CT molecular complexity index is 509. The summed E-state index contributed by atoms with van der Waals surface area (Å²) in [7, 11) is 0. The average Bonchev–Trinajstić information content (AvgIpc) is 2.38. The van der Waals surface area contributed by atoms with E-state index in [0.717, 1.165) is 18.5 Å². The number of nitrogens with one attached hydrogen (secondary N) is 2. The van der Waals surface area contributed by atoms with Crippen LogP contribution in [-0.4, -0.2) is 18.4 Å². The van der Waals surface area contributed by atoms with E-state index in [0.29, 0.717) is 25.3 Å². The number of carbonyl (C=O) groups excluding carboxylic acids is 2. The zero-order valence-electron chi connectivity index (χ0n) is 12.2. The lowest BCUT2D eigenvalue weighted by Crippen LogP contribution is -2.26. The molecule has 0 atom stereocenters. The first-order valence-electron chi connectivity index (χ1n) is 7.23. The number of aryl methyl sites for hydroxylation is 1. The van der Waals surface area contributed by atoms with Crippen LogP contribution in [0.25, 0.3) is 0 Å². The minimum atomic E-state index is 0.0891. The van der Waals surface area contributed by atoms with Gasteiger partial charge >= 0.3 is 0 Å². The molecule has 0 saturated carbocycles. The second kappa shape index (κ2) is 6.55. The van der Waals surface area contributed by atoms with Crippen molar-refractivity contribution in [3.05, 3.63) is 29.3 Å². The van der Waals surface area contributed by atoms with Crippen LogP contribution in [-0.2, 0) is 22.4 Å². The van der Waals surface area contributed by atoms with Gasteiger partial charge in [-0.25, -0.2) is 0 Å². The molecule has 0 aromatic heterocycles. The molecule has 4 nitrogen and oxygen atoms in total. The molecule has 0 radical (unpaired) electrons. The third-order valence-electron chi connectivity index (χ3n) is 3.39.